The van der Waals surface area contributed by atoms with Crippen molar-refractivity contribution < 1.29 is 19.8 Å². The van der Waals surface area contributed by atoms with Crippen molar-refractivity contribution >= 4 is 23.2 Å². The third-order valence-corrected chi connectivity index (χ3v) is 3.50. The van der Waals surface area contributed by atoms with Crippen LogP contribution in [0.5, 0.6) is 0 Å². The molecule has 2 unspecified atom stereocenters. The Bertz CT molecular complexity index is 126. The van der Waals surface area contributed by atoms with E-state index in [9.17, 15) is 0 Å². The van der Waals surface area contributed by atoms with Gasteiger partial charge in [-0.05, 0) is 0 Å². The molecule has 0 aromatic heterocycles. The maximum absolute atomic E-state index is 5.94. The molecule has 0 amide bonds. The predicted octanol–water partition coefficient (Wildman–Crippen LogP) is 1.12. The zero-order valence-electron chi connectivity index (χ0n) is 6.35. The maximum atomic E-state index is 5.94. The van der Waals surface area contributed by atoms with Gasteiger partial charge in [0.2, 0.25) is 0 Å². The van der Waals surface area contributed by atoms with Gasteiger partial charge >= 0.3 is 89.1 Å². The van der Waals surface area contributed by atoms with Crippen molar-refractivity contribution in [3.8, 4) is 0 Å². The van der Waals surface area contributed by atoms with Gasteiger partial charge in [-0.25, -0.2) is 0 Å². The summed E-state index contributed by atoms with van der Waals surface area (Å²) in [5.41, 5.74) is 11.0. The van der Waals surface area contributed by atoms with Gasteiger partial charge in [0.05, 0.1) is 0 Å². The van der Waals surface area contributed by atoms with Crippen LogP contribution in [-0.4, -0.2) is 14.8 Å². The van der Waals surface area contributed by atoms with Crippen LogP contribution >= 0.6 is 23.2 Å². The van der Waals surface area contributed by atoms with Crippen LogP contribution in [0.2, 0.25) is 0 Å². The molecule has 2 atom stereocenters. The average Bonchev–Trinajstić information content (AvgIpc) is 1.86. The van der Waals surface area contributed by atoms with E-state index in [4.69, 9.17) is 34.7 Å². The van der Waals surface area contributed by atoms with Gasteiger partial charge in [-0.1, -0.05) is 0 Å². The molecule has 0 spiro atoms. The van der Waals surface area contributed by atoms with E-state index in [1.165, 1.54) is 0 Å². The molecule has 0 bridgehead atoms. The fourth-order valence-corrected chi connectivity index (χ4v) is 1.98. The molecular weight excluding hydrogens is 366 g/mol. The number of nitrogens with two attached hydrogens (primary N) is 2. The van der Waals surface area contributed by atoms with Crippen molar-refractivity contribution in [2.75, 3.05) is 5.88 Å². The molecule has 0 saturated carbocycles. The van der Waals surface area contributed by atoms with Gasteiger partial charge in [0.15, 0.2) is 0 Å². The number of rotatable bonds is 4. The minimum atomic E-state index is -0.906. The van der Waals surface area contributed by atoms with E-state index in [1.54, 1.807) is 0 Å². The first-order chi connectivity index (χ1) is 4.87. The summed E-state index contributed by atoms with van der Waals surface area (Å²) in [5, 5.41) is 0. The van der Waals surface area contributed by atoms with Crippen molar-refractivity contribution in [2.24, 2.45) is 11.5 Å². The summed E-state index contributed by atoms with van der Waals surface area (Å²) < 4.78 is -0.906. The van der Waals surface area contributed by atoms with Crippen LogP contribution in [0.1, 0.15) is 19.8 Å². The van der Waals surface area contributed by atoms with Crippen LogP contribution in [0.15, 0.2) is 0 Å². The number of hydrogen-bond acceptors (Lipinski definition) is 2. The zero-order chi connectivity index (χ0) is 9.12. The molecule has 71 valence electrons. The van der Waals surface area contributed by atoms with Crippen molar-refractivity contribution in [2.45, 2.75) is 28.7 Å². The van der Waals surface area contributed by atoms with Crippen LogP contribution in [0, 0.1) is 0 Å². The molecule has 0 aromatic rings. The second-order valence-corrected chi connectivity index (χ2v) is 5.94. The molecule has 0 aliphatic rings. The van der Waals surface area contributed by atoms with E-state index >= 15 is 0 Å². The third kappa shape index (κ3) is 3.20. The Morgan fingerprint density at radius 1 is 1.45 bits per heavy atom. The Morgan fingerprint density at radius 2 is 1.91 bits per heavy atom. The first kappa shape index (κ1) is 12.2. The summed E-state index contributed by atoms with van der Waals surface area (Å²) in [7, 11) is 0. The van der Waals surface area contributed by atoms with Crippen molar-refractivity contribution in [1.82, 2.24) is 0 Å². The summed E-state index contributed by atoms with van der Waals surface area (Å²) in [5.74, 6) is 0.485. The van der Waals surface area contributed by atoms with Gasteiger partial charge < -0.3 is 0 Å². The van der Waals surface area contributed by atoms with Gasteiger partial charge in [-0.3, -0.25) is 0 Å². The quantitative estimate of drug-likeness (QED) is 0.569. The minimum absolute atomic E-state index is 0.485. The first-order valence-electron chi connectivity index (χ1n) is 3.36. The number of alkyl halides is 2. The second-order valence-electron chi connectivity index (χ2n) is 2.53. The van der Waals surface area contributed by atoms with Crippen LogP contribution in [0.3, 0.4) is 0 Å². The molecule has 0 saturated heterocycles. The summed E-state index contributed by atoms with van der Waals surface area (Å²) >= 11 is 13.4. The normalized spacial score (nSPS) is 22.5. The first-order valence-corrected chi connectivity index (χ1v) is 5.40. The molecule has 0 aromatic carbocycles. The van der Waals surface area contributed by atoms with Gasteiger partial charge in [0.25, 0.3) is 0 Å². The van der Waals surface area contributed by atoms with E-state index in [0.29, 0.717) is 12.3 Å². The predicted molar refractivity (Wildman–Crippen MR) is 45.3 cm³/mol. The molecule has 0 aliphatic carbocycles. The monoisotopic (exact) mass is 378 g/mol. The van der Waals surface area contributed by atoms with Gasteiger partial charge in [0.1, 0.15) is 0 Å². The Balaban J connectivity index is 4.33. The van der Waals surface area contributed by atoms with E-state index < -0.39 is 8.93 Å². The van der Waals surface area contributed by atoms with E-state index in [2.05, 4.69) is 0 Å². The van der Waals surface area contributed by atoms with Crippen molar-refractivity contribution in [3.05, 3.63) is 0 Å². The average molecular weight is 379 g/mol. The fourth-order valence-electron chi connectivity index (χ4n) is 0.729. The molecule has 2 nitrogen and oxygen atoms in total. The summed E-state index contributed by atoms with van der Waals surface area (Å²) in [6, 6.07) is 0. The van der Waals surface area contributed by atoms with Gasteiger partial charge in [0, 0.05) is 0 Å². The van der Waals surface area contributed by atoms with Crippen LogP contribution in [-0.2, 0) is 19.8 Å². The second kappa shape index (κ2) is 4.43. The molecule has 0 aliphatic heterocycles. The van der Waals surface area contributed by atoms with Crippen LogP contribution in [0.4, 0.5) is 0 Å². The third-order valence-electron chi connectivity index (χ3n) is 1.80. The topological polar surface area (TPSA) is 52.0 Å². The Labute approximate surface area is 88.9 Å². The molecule has 0 rings (SSSR count). The van der Waals surface area contributed by atoms with Crippen molar-refractivity contribution in [3.63, 3.8) is 0 Å². The zero-order valence-corrected chi connectivity index (χ0v) is 10.1. The van der Waals surface area contributed by atoms with E-state index in [0.717, 1.165) is 6.42 Å². The van der Waals surface area contributed by atoms with E-state index in [-0.39, 0.29) is 0 Å². The molecule has 5 heteroatoms. The SMILES string of the molecule is CCC(N)(CCCl)[C](N)(Cl)[Pt]. The fraction of sp³-hybridized carbons (Fsp3) is 1.00. The number of halogens is 2. The van der Waals surface area contributed by atoms with Crippen molar-refractivity contribution in [1.29, 1.82) is 0 Å². The number of hydrogen-bond donors (Lipinski definition) is 2. The summed E-state index contributed by atoms with van der Waals surface area (Å²) in [4.78, 5) is 0. The molecule has 4 N–H and O–H groups in total. The van der Waals surface area contributed by atoms with Gasteiger partial charge in [-0.15, -0.1) is 0 Å². The molecule has 11 heavy (non-hydrogen) atoms. The molecular formula is C6H13Cl2N2Pt. The Kier molecular flexibility index (Phi) is 4.91. The standard InChI is InChI=1S/C6H13Cl2N2.Pt/c1-2-6(10,3-4-7)5(8)9;/h2-4,9-10H2,1H3;. The van der Waals surface area contributed by atoms with E-state index in [1.807, 2.05) is 26.7 Å². The van der Waals surface area contributed by atoms with Crippen LogP contribution < -0.4 is 11.5 Å². The Hall–Kier alpha value is 1.19. The molecule has 0 heterocycles. The van der Waals surface area contributed by atoms with Crippen LogP contribution in [0.25, 0.3) is 0 Å². The Morgan fingerprint density at radius 3 is 2.00 bits per heavy atom. The van der Waals surface area contributed by atoms with Gasteiger partial charge in [-0.2, -0.15) is 0 Å². The summed E-state index contributed by atoms with van der Waals surface area (Å²) in [6.45, 7) is 1.95. The summed E-state index contributed by atoms with van der Waals surface area (Å²) in [6.07, 6.45) is 1.36. The molecule has 0 radical (unpaired) electrons. The molecule has 0 fully saturated rings.